The highest BCUT2D eigenvalue weighted by molar-refractivity contribution is 5.84. The van der Waals surface area contributed by atoms with Crippen molar-refractivity contribution in [3.8, 4) is 0 Å². The summed E-state index contributed by atoms with van der Waals surface area (Å²) in [7, 11) is 0. The molecule has 0 aliphatic carbocycles. The number of nitrogens with one attached hydrogen (secondary N) is 2. The van der Waals surface area contributed by atoms with E-state index >= 15 is 0 Å². The van der Waals surface area contributed by atoms with Gasteiger partial charge in [0, 0.05) is 54.5 Å². The number of anilines is 4. The molecule has 2 aromatic carbocycles. The molecule has 3 aromatic rings. The second-order valence-electron chi connectivity index (χ2n) is 7.39. The van der Waals surface area contributed by atoms with Crippen LogP contribution in [0.5, 0.6) is 0 Å². The maximum atomic E-state index is 6.19. The summed E-state index contributed by atoms with van der Waals surface area (Å²) in [5.74, 6) is 1.07. The smallest absolute Gasteiger partial charge is 0.227 e. The van der Waals surface area contributed by atoms with Crippen molar-refractivity contribution in [2.75, 3.05) is 41.8 Å². The lowest BCUT2D eigenvalue weighted by Crippen LogP contribution is -2.36. The van der Waals surface area contributed by atoms with E-state index < -0.39 is 0 Å². The third-order valence-electron chi connectivity index (χ3n) is 5.06. The number of hydrogen-bond acceptors (Lipinski definition) is 8. The summed E-state index contributed by atoms with van der Waals surface area (Å²) in [6, 6.07) is 17.7. The Morgan fingerprint density at radius 1 is 1.00 bits per heavy atom. The molecule has 2 heterocycles. The lowest BCUT2D eigenvalue weighted by molar-refractivity contribution is 0.122. The third kappa shape index (κ3) is 6.41. The van der Waals surface area contributed by atoms with Gasteiger partial charge in [0.25, 0.3) is 0 Å². The molecule has 0 spiro atoms. The standard InChI is InChI=1S/C25H27N7O/c1-19(30-21-7-9-23(10-8-21)32-15-17-33-18-16-32)27-14-11-24(26)20-3-5-22(6-4-20)31-25-28-12-2-13-29-25/h2-14,30H,1,15-18,26H2,(H,28,29,31)/b24-11-,27-14?. The first-order valence-corrected chi connectivity index (χ1v) is 10.7. The van der Waals surface area contributed by atoms with Crippen LogP contribution in [0.15, 0.2) is 90.5 Å². The summed E-state index contributed by atoms with van der Waals surface area (Å²) in [4.78, 5) is 14.9. The fourth-order valence-corrected chi connectivity index (χ4v) is 3.32. The number of rotatable bonds is 8. The van der Waals surface area contributed by atoms with Gasteiger partial charge < -0.3 is 26.0 Å². The second kappa shape index (κ2) is 10.9. The van der Waals surface area contributed by atoms with Crippen molar-refractivity contribution in [1.82, 2.24) is 9.97 Å². The van der Waals surface area contributed by atoms with Crippen molar-refractivity contribution < 1.29 is 4.74 Å². The molecule has 0 amide bonds. The number of hydrogen-bond donors (Lipinski definition) is 3. The average molecular weight is 442 g/mol. The molecule has 8 heteroatoms. The molecule has 0 unspecified atom stereocenters. The first-order chi connectivity index (χ1) is 16.2. The Kier molecular flexibility index (Phi) is 7.29. The SMILES string of the molecule is C=C(N=C/C=C(\N)c1ccc(Nc2ncccn2)cc1)Nc1ccc(N2CCOCC2)cc1. The van der Waals surface area contributed by atoms with Crippen molar-refractivity contribution in [3.63, 3.8) is 0 Å². The molecule has 1 fully saturated rings. The highest BCUT2D eigenvalue weighted by atomic mass is 16.5. The zero-order valence-electron chi connectivity index (χ0n) is 18.3. The lowest BCUT2D eigenvalue weighted by atomic mass is 10.1. The molecule has 1 aliphatic heterocycles. The zero-order chi connectivity index (χ0) is 22.9. The van der Waals surface area contributed by atoms with E-state index in [4.69, 9.17) is 10.5 Å². The van der Waals surface area contributed by atoms with Crippen molar-refractivity contribution in [1.29, 1.82) is 0 Å². The third-order valence-corrected chi connectivity index (χ3v) is 5.06. The number of nitrogens with two attached hydrogens (primary N) is 1. The van der Waals surface area contributed by atoms with Crippen molar-refractivity contribution in [2.45, 2.75) is 0 Å². The van der Waals surface area contributed by atoms with Crippen molar-refractivity contribution in [2.24, 2.45) is 10.7 Å². The molecule has 168 valence electrons. The van der Waals surface area contributed by atoms with Crippen molar-refractivity contribution in [3.05, 3.63) is 91.0 Å². The van der Waals surface area contributed by atoms with Gasteiger partial charge in [-0.2, -0.15) is 0 Å². The quantitative estimate of drug-likeness (QED) is 0.454. The fraction of sp³-hybridized carbons (Fsp3) is 0.160. The van der Waals surface area contributed by atoms with Gasteiger partial charge in [0.05, 0.1) is 13.2 Å². The zero-order valence-corrected chi connectivity index (χ0v) is 18.3. The molecular weight excluding hydrogens is 414 g/mol. The van der Waals surface area contributed by atoms with E-state index in [1.54, 1.807) is 30.8 Å². The van der Waals surface area contributed by atoms with Gasteiger partial charge in [0.15, 0.2) is 0 Å². The van der Waals surface area contributed by atoms with Gasteiger partial charge in [0.1, 0.15) is 5.82 Å². The van der Waals surface area contributed by atoms with Gasteiger partial charge in [0.2, 0.25) is 5.95 Å². The molecular formula is C25H27N7O. The van der Waals surface area contributed by atoms with Crippen LogP contribution < -0.4 is 21.3 Å². The lowest BCUT2D eigenvalue weighted by Gasteiger charge is -2.28. The van der Waals surface area contributed by atoms with Gasteiger partial charge in [-0.1, -0.05) is 18.7 Å². The Labute approximate surface area is 193 Å². The minimum atomic E-state index is 0.528. The molecule has 4 rings (SSSR count). The van der Waals surface area contributed by atoms with Crippen LogP contribution in [0.25, 0.3) is 5.70 Å². The Hall–Kier alpha value is -4.17. The largest absolute Gasteiger partial charge is 0.398 e. The molecule has 1 saturated heterocycles. The predicted octanol–water partition coefficient (Wildman–Crippen LogP) is 4.01. The van der Waals surface area contributed by atoms with Crippen LogP contribution >= 0.6 is 0 Å². The first-order valence-electron chi connectivity index (χ1n) is 10.7. The van der Waals surface area contributed by atoms with Crippen LogP contribution in [-0.2, 0) is 4.74 Å². The van der Waals surface area contributed by atoms with Gasteiger partial charge in [-0.3, -0.25) is 0 Å². The summed E-state index contributed by atoms with van der Waals surface area (Å²) in [6.07, 6.45) is 6.76. The predicted molar refractivity (Wildman–Crippen MR) is 135 cm³/mol. The number of aliphatic imine (C=N–C) groups is 1. The highest BCUT2D eigenvalue weighted by Gasteiger charge is 2.10. The molecule has 0 radical (unpaired) electrons. The van der Waals surface area contributed by atoms with Crippen LogP contribution in [0.4, 0.5) is 23.0 Å². The van der Waals surface area contributed by atoms with Gasteiger partial charge >= 0.3 is 0 Å². The molecule has 1 aromatic heterocycles. The molecule has 8 nitrogen and oxygen atoms in total. The number of morpholine rings is 1. The maximum absolute atomic E-state index is 6.19. The normalized spacial score (nSPS) is 14.3. The van der Waals surface area contributed by atoms with Gasteiger partial charge in [-0.05, 0) is 54.1 Å². The van der Waals surface area contributed by atoms with Crippen LogP contribution in [-0.4, -0.2) is 42.5 Å². The first kappa shape index (κ1) is 22.0. The Balaban J connectivity index is 1.29. The number of ether oxygens (including phenoxy) is 1. The van der Waals surface area contributed by atoms with E-state index in [0.29, 0.717) is 17.5 Å². The van der Waals surface area contributed by atoms with Crippen LogP contribution in [0, 0.1) is 0 Å². The van der Waals surface area contributed by atoms with Crippen LogP contribution in [0.2, 0.25) is 0 Å². The minimum absolute atomic E-state index is 0.528. The molecule has 0 saturated carbocycles. The van der Waals surface area contributed by atoms with Crippen molar-refractivity contribution >= 4 is 34.9 Å². The number of allylic oxidation sites excluding steroid dienone is 1. The maximum Gasteiger partial charge on any atom is 0.227 e. The van der Waals surface area contributed by atoms with E-state index in [2.05, 4.69) is 49.2 Å². The van der Waals surface area contributed by atoms with Gasteiger partial charge in [-0.15, -0.1) is 0 Å². The summed E-state index contributed by atoms with van der Waals surface area (Å²) in [5.41, 5.74) is 10.7. The highest BCUT2D eigenvalue weighted by Crippen LogP contribution is 2.20. The number of nitrogens with zero attached hydrogens (tertiary/aromatic N) is 4. The van der Waals surface area contributed by atoms with Crippen LogP contribution in [0.3, 0.4) is 0 Å². The minimum Gasteiger partial charge on any atom is -0.398 e. The van der Waals surface area contributed by atoms with E-state index in [9.17, 15) is 0 Å². The molecule has 0 bridgehead atoms. The topological polar surface area (TPSA) is 101 Å². The summed E-state index contributed by atoms with van der Waals surface area (Å²) in [5, 5.41) is 6.33. The van der Waals surface area contributed by atoms with E-state index in [-0.39, 0.29) is 0 Å². The molecule has 0 atom stereocenters. The number of benzene rings is 2. The monoisotopic (exact) mass is 441 g/mol. The second-order valence-corrected chi connectivity index (χ2v) is 7.39. The summed E-state index contributed by atoms with van der Waals surface area (Å²) >= 11 is 0. The Morgan fingerprint density at radius 2 is 1.67 bits per heavy atom. The summed E-state index contributed by atoms with van der Waals surface area (Å²) < 4.78 is 5.40. The van der Waals surface area contributed by atoms with E-state index in [1.807, 2.05) is 36.4 Å². The molecule has 4 N–H and O–H groups in total. The number of aromatic nitrogens is 2. The summed E-state index contributed by atoms with van der Waals surface area (Å²) in [6.45, 7) is 7.33. The van der Waals surface area contributed by atoms with E-state index in [1.165, 1.54) is 5.69 Å². The Bertz CT molecular complexity index is 1100. The molecule has 1 aliphatic rings. The fourth-order valence-electron chi connectivity index (χ4n) is 3.32. The van der Waals surface area contributed by atoms with E-state index in [0.717, 1.165) is 43.2 Å². The Morgan fingerprint density at radius 3 is 2.36 bits per heavy atom. The van der Waals surface area contributed by atoms with Gasteiger partial charge in [-0.25, -0.2) is 15.0 Å². The van der Waals surface area contributed by atoms with Crippen LogP contribution in [0.1, 0.15) is 5.56 Å². The molecule has 33 heavy (non-hydrogen) atoms. The average Bonchev–Trinajstić information content (AvgIpc) is 2.86.